The van der Waals surface area contributed by atoms with E-state index >= 15 is 0 Å². The molecule has 0 saturated heterocycles. The van der Waals surface area contributed by atoms with E-state index in [9.17, 15) is 74.4 Å². The zero-order valence-electron chi connectivity index (χ0n) is 66.3. The molecule has 0 aromatic heterocycles. The van der Waals surface area contributed by atoms with Crippen molar-refractivity contribution in [1.29, 1.82) is 0 Å². The van der Waals surface area contributed by atoms with Crippen molar-refractivity contribution >= 4 is 132 Å². The van der Waals surface area contributed by atoms with Crippen molar-refractivity contribution in [2.75, 3.05) is 59.8 Å². The Balaban J connectivity index is 0.000000151. The van der Waals surface area contributed by atoms with Gasteiger partial charge in [-0.3, -0.25) is 62.2 Å². The zero-order valence-corrected chi connectivity index (χ0v) is 67.9. The molecule has 0 amide bonds. The molecule has 12 aromatic rings. The molecular formula is C94H77BN8O16S2. The molecule has 6 aliphatic rings. The van der Waals surface area contributed by atoms with E-state index in [1.165, 1.54) is 19.9 Å². The van der Waals surface area contributed by atoms with Gasteiger partial charge < -0.3 is 33.6 Å². The summed E-state index contributed by atoms with van der Waals surface area (Å²) in [6.45, 7) is 8.67. The number of nitrogen functional groups attached to an aromatic ring is 4. The highest BCUT2D eigenvalue weighted by Crippen LogP contribution is 2.46. The largest absolute Gasteiger partial charge is 0.398 e. The second-order valence-corrected chi connectivity index (χ2v) is 32.0. The van der Waals surface area contributed by atoms with Gasteiger partial charge in [-0.1, -0.05) is 235 Å². The van der Waals surface area contributed by atoms with Gasteiger partial charge in [0.15, 0.2) is 79.4 Å². The van der Waals surface area contributed by atoms with Crippen molar-refractivity contribution in [3.05, 3.63) is 364 Å². The number of fused-ring (bicyclic) bond motifs is 12. The summed E-state index contributed by atoms with van der Waals surface area (Å²) in [5, 5.41) is 6.35. The van der Waals surface area contributed by atoms with Gasteiger partial charge in [0.05, 0.1) is 52.6 Å². The predicted octanol–water partition coefficient (Wildman–Crippen LogP) is 13.5. The average Bonchev–Trinajstić information content (AvgIpc) is 0.721. The molecule has 27 heteroatoms. The lowest BCUT2D eigenvalue weighted by Crippen LogP contribution is -2.25. The molecule has 0 atom stereocenters. The van der Waals surface area contributed by atoms with Crippen molar-refractivity contribution in [2.45, 2.75) is 40.5 Å². The number of benzene rings is 12. The van der Waals surface area contributed by atoms with Gasteiger partial charge in [-0.25, -0.2) is 21.6 Å². The first kappa shape index (κ1) is 85.7. The quantitative estimate of drug-likeness (QED) is 0.0398. The summed E-state index contributed by atoms with van der Waals surface area (Å²) in [7, 11) is -0.208. The van der Waals surface area contributed by atoms with Crippen molar-refractivity contribution in [3.63, 3.8) is 0 Å². The molecule has 24 nitrogen and oxygen atoms in total. The van der Waals surface area contributed by atoms with Gasteiger partial charge in [-0.15, -0.1) is 0 Å². The van der Waals surface area contributed by atoms with Crippen LogP contribution in [0.15, 0.2) is 231 Å². The van der Waals surface area contributed by atoms with Gasteiger partial charge in [-0.2, -0.15) is 0 Å². The van der Waals surface area contributed by atoms with E-state index in [4.69, 9.17) is 22.9 Å². The summed E-state index contributed by atoms with van der Waals surface area (Å²) in [6, 6.07) is 62.7. The van der Waals surface area contributed by atoms with Crippen molar-refractivity contribution < 1.29 is 74.4 Å². The summed E-state index contributed by atoms with van der Waals surface area (Å²) < 4.78 is 43.0. The first-order valence-electron chi connectivity index (χ1n) is 37.9. The fraction of sp³-hybridized carbons (Fsp3) is 0.106. The van der Waals surface area contributed by atoms with E-state index in [0.717, 1.165) is 12.5 Å². The van der Waals surface area contributed by atoms with Crippen LogP contribution >= 0.6 is 0 Å². The van der Waals surface area contributed by atoms with Gasteiger partial charge in [0.2, 0.25) is 18.0 Å². The maximum atomic E-state index is 13.6. The van der Waals surface area contributed by atoms with Crippen LogP contribution in [0.25, 0.3) is 22.3 Å². The van der Waals surface area contributed by atoms with Crippen molar-refractivity contribution in [3.8, 4) is 22.3 Å². The minimum atomic E-state index is -3.13. The summed E-state index contributed by atoms with van der Waals surface area (Å²) in [5.74, 6) is -3.72. The standard InChI is InChI=1S/C29H18N2O4.2C28H16N2O4.2C3H8.C2H7NO2S.CH4BNO2S/c32-26-16-7-1-3-9-18(16)28(34)24-20(26)11-5-13-22(24)30-15-31-23-14-6-12-21-25(23)29(35)19-10-4-2-8-17(19)27(21)33;2*29-19-11-9-13(21-23(19)27(33)17-7-3-1-5-15(17)25(21)31)14-10-12-20(30)24-22(14)26(32)16-6-2-4-8-18(16)28(24)34;2*1-3-2;1-3-6(2,4)5;1-6(4,5)3-2/h1-14,30-31H,15H2;2*1-12H,29-30H2;2*3H2,1-2H3;3H,1-2H3;3H,1H3. The number of sulfonamides is 2. The topological polar surface area (TPSA) is 425 Å². The van der Waals surface area contributed by atoms with Crippen LogP contribution in [0.1, 0.15) is 232 Å². The minimum absolute atomic E-state index is 0.0989. The molecule has 0 heterocycles. The fourth-order valence-electron chi connectivity index (χ4n) is 14.7. The van der Waals surface area contributed by atoms with Gasteiger partial charge >= 0.3 is 0 Å². The molecule has 6 aliphatic carbocycles. The van der Waals surface area contributed by atoms with Crippen molar-refractivity contribution in [2.24, 2.45) is 0 Å². The van der Waals surface area contributed by atoms with Crippen LogP contribution < -0.4 is 42.9 Å². The monoisotopic (exact) mass is 1650 g/mol. The average molecular weight is 1650 g/mol. The second kappa shape index (κ2) is 35.3. The Morgan fingerprint density at radius 1 is 0.240 bits per heavy atom. The lowest BCUT2D eigenvalue weighted by Gasteiger charge is -2.25. The summed E-state index contributed by atoms with van der Waals surface area (Å²) in [6.07, 6.45) is 4.58. The summed E-state index contributed by atoms with van der Waals surface area (Å²) in [5.41, 5.74) is 33.8. The molecule has 121 heavy (non-hydrogen) atoms. The molecule has 12 N–H and O–H groups in total. The third-order valence-corrected chi connectivity index (χ3v) is 21.2. The molecule has 18 rings (SSSR count). The first-order valence-corrected chi connectivity index (χ1v) is 41.7. The Bertz CT molecular complexity index is 6090. The molecular weight excluding hydrogens is 1570 g/mol. The van der Waals surface area contributed by atoms with Gasteiger partial charge in [0, 0.05) is 134 Å². The first-order chi connectivity index (χ1) is 57.8. The molecule has 0 unspecified atom stereocenters. The Kier molecular flexibility index (Phi) is 25.0. The predicted molar refractivity (Wildman–Crippen MR) is 466 cm³/mol. The normalized spacial score (nSPS) is 13.1. The highest BCUT2D eigenvalue weighted by atomic mass is 32.2. The molecule has 0 aliphatic heterocycles. The van der Waals surface area contributed by atoms with Crippen LogP contribution in [0.3, 0.4) is 0 Å². The van der Waals surface area contributed by atoms with Crippen LogP contribution in [0, 0.1) is 0 Å². The van der Waals surface area contributed by atoms with Crippen molar-refractivity contribution in [1.82, 2.24) is 9.36 Å². The maximum Gasteiger partial charge on any atom is 0.208 e. The van der Waals surface area contributed by atoms with Crippen LogP contribution in [-0.4, -0.2) is 120 Å². The molecule has 12 aromatic carbocycles. The van der Waals surface area contributed by atoms with E-state index in [2.05, 4.69) is 51.0 Å². The molecule has 2 radical (unpaired) electrons. The Morgan fingerprint density at radius 2 is 0.405 bits per heavy atom. The number of anilines is 6. The number of hydrogen-bond acceptors (Lipinski definition) is 22. The minimum Gasteiger partial charge on any atom is -0.398 e. The smallest absolute Gasteiger partial charge is 0.208 e. The number of hydrogen-bond donors (Lipinski definition) is 8. The van der Waals surface area contributed by atoms with Gasteiger partial charge in [0.1, 0.15) is 0 Å². The van der Waals surface area contributed by atoms with Gasteiger partial charge in [0.25, 0.3) is 0 Å². The molecule has 0 saturated carbocycles. The highest BCUT2D eigenvalue weighted by molar-refractivity contribution is 7.89. The van der Waals surface area contributed by atoms with Gasteiger partial charge in [-0.05, 0) is 65.7 Å². The Morgan fingerprint density at radius 3 is 0.587 bits per heavy atom. The Labute approximate surface area is 697 Å². The van der Waals surface area contributed by atoms with Crippen LogP contribution in [-0.2, 0) is 20.0 Å². The molecule has 604 valence electrons. The molecule has 0 spiro atoms. The van der Waals surface area contributed by atoms with Crippen LogP contribution in [0.2, 0.25) is 0 Å². The zero-order chi connectivity index (χ0) is 87.4. The van der Waals surface area contributed by atoms with E-state index in [1.807, 2.05) is 0 Å². The molecule has 0 bridgehead atoms. The number of nitrogens with two attached hydrogens (primary N) is 4. The van der Waals surface area contributed by atoms with Crippen LogP contribution in [0.4, 0.5) is 34.1 Å². The number of carbonyl (C=O) groups excluding carboxylic acids is 12. The van der Waals surface area contributed by atoms with E-state index in [1.54, 1.807) is 235 Å². The van der Waals surface area contributed by atoms with E-state index in [0.29, 0.717) is 78.1 Å². The number of nitrogens with one attached hydrogen (secondary N) is 4. The lowest BCUT2D eigenvalue weighted by molar-refractivity contribution is 0.0978. The number of carbonyl (C=O) groups is 12. The van der Waals surface area contributed by atoms with E-state index in [-0.39, 0.29) is 188 Å². The van der Waals surface area contributed by atoms with Crippen LogP contribution in [0.5, 0.6) is 0 Å². The highest BCUT2D eigenvalue weighted by Gasteiger charge is 2.42. The number of rotatable bonds is 8. The fourth-order valence-corrected chi connectivity index (χ4v) is 14.7. The SMILES string of the molecule is CCC.CCC.CNS(C)(=O)=O.Nc1ccc(-c2ccc(N)c3c2C(=O)c2ccccc2C3=O)c2c1C(=O)c1ccccc1C2=O.Nc1ccc(-c2ccc(N)c3c2C(=O)c2ccccc2C3=O)c2c1C(=O)c1ccccc1C2=O.O=C1c2ccccc2C(=O)c2c(NCNc3cccc4c3C(=O)c3ccccc3C4=O)cccc21.[B]NS(C)(=O)=O. The third kappa shape index (κ3) is 16.2. The lowest BCUT2D eigenvalue weighted by atomic mass is 9.76. The summed E-state index contributed by atoms with van der Waals surface area (Å²) in [4.78, 5) is 160. The van der Waals surface area contributed by atoms with E-state index < -0.39 is 20.0 Å². The summed E-state index contributed by atoms with van der Waals surface area (Å²) >= 11 is 0. The third-order valence-electron chi connectivity index (χ3n) is 20.1. The molecule has 0 fully saturated rings. The number of ketones is 12. The maximum absolute atomic E-state index is 13.6. The second-order valence-electron chi connectivity index (χ2n) is 28.3. The Hall–Kier alpha value is -14.6.